The molecule has 15 heavy (non-hydrogen) atoms. The molecule has 1 saturated heterocycles. The second kappa shape index (κ2) is 3.00. The molecule has 2 atom stereocenters. The summed E-state index contributed by atoms with van der Waals surface area (Å²) < 4.78 is 0. The van der Waals surface area contributed by atoms with Crippen molar-refractivity contribution in [3.05, 3.63) is 20.2 Å². The minimum Gasteiger partial charge on any atom is -0.264 e. The molecule has 1 heterocycles. The van der Waals surface area contributed by atoms with Crippen LogP contribution in [0.25, 0.3) is 0 Å². The van der Waals surface area contributed by atoms with Gasteiger partial charge in [-0.3, -0.25) is 20.2 Å². The summed E-state index contributed by atoms with van der Waals surface area (Å²) >= 11 is 0. The second-order valence-electron chi connectivity index (χ2n) is 5.58. The number of rotatable bonds is 2. The third kappa shape index (κ3) is 1.54. The first kappa shape index (κ1) is 12.1. The molecule has 0 aliphatic carbocycles. The molecule has 0 amide bonds. The van der Waals surface area contributed by atoms with Gasteiger partial charge in [0.25, 0.3) is 11.1 Å². The molecule has 1 aliphatic heterocycles. The van der Waals surface area contributed by atoms with Crippen LogP contribution in [0.1, 0.15) is 13.8 Å². The Morgan fingerprint density at radius 3 is 1.47 bits per heavy atom. The van der Waals surface area contributed by atoms with Crippen molar-refractivity contribution < 1.29 is 9.85 Å². The van der Waals surface area contributed by atoms with Crippen LogP contribution in [0.15, 0.2) is 0 Å². The normalized spacial score (nSPS) is 38.9. The maximum absolute atomic E-state index is 11.1. The zero-order chi connectivity index (χ0) is 12.1. The van der Waals surface area contributed by atoms with Crippen LogP contribution in [0.4, 0.5) is 0 Å². The Hall–Kier alpha value is -0.983. The highest BCUT2D eigenvalue weighted by atomic mass is 28.3. The van der Waals surface area contributed by atoms with Gasteiger partial charge in [0.2, 0.25) is 0 Å². The van der Waals surface area contributed by atoms with Crippen molar-refractivity contribution in [2.24, 2.45) is 0 Å². The fraction of sp³-hybridized carbons (Fsp3) is 1.00. The van der Waals surface area contributed by atoms with Crippen LogP contribution < -0.4 is 0 Å². The summed E-state index contributed by atoms with van der Waals surface area (Å²) in [5.41, 5.74) is -2.82. The molecule has 0 bridgehead atoms. The van der Waals surface area contributed by atoms with Crippen molar-refractivity contribution in [2.75, 3.05) is 0 Å². The molecule has 0 spiro atoms. The number of nitro groups is 2. The average Bonchev–Trinajstić information content (AvgIpc) is 2.19. The van der Waals surface area contributed by atoms with Crippen LogP contribution in [0.3, 0.4) is 0 Å². The van der Waals surface area contributed by atoms with Gasteiger partial charge in [-0.2, -0.15) is 0 Å². The zero-order valence-corrected chi connectivity index (χ0v) is 10.4. The third-order valence-corrected chi connectivity index (χ3v) is 6.90. The van der Waals surface area contributed by atoms with E-state index in [4.69, 9.17) is 0 Å². The minimum atomic E-state index is -1.82. The Kier molecular flexibility index (Phi) is 2.42. The van der Waals surface area contributed by atoms with Gasteiger partial charge in [0.1, 0.15) is 0 Å². The first-order valence-electron chi connectivity index (χ1n) is 4.84. The van der Waals surface area contributed by atoms with Crippen molar-refractivity contribution in [3.8, 4) is 0 Å². The molecule has 6 nitrogen and oxygen atoms in total. The van der Waals surface area contributed by atoms with Crippen LogP contribution in [0, 0.1) is 20.2 Å². The summed E-state index contributed by atoms with van der Waals surface area (Å²) in [5, 5.41) is 22.1. The molecule has 0 aromatic rings. The van der Waals surface area contributed by atoms with Gasteiger partial charge in [-0.25, -0.2) is 0 Å². The molecular weight excluding hydrogens is 216 g/mol. The van der Waals surface area contributed by atoms with E-state index in [1.807, 2.05) is 13.1 Å². The van der Waals surface area contributed by atoms with Crippen molar-refractivity contribution >= 4 is 8.07 Å². The van der Waals surface area contributed by atoms with E-state index in [1.165, 1.54) is 13.8 Å². The number of hydrogen-bond acceptors (Lipinski definition) is 4. The van der Waals surface area contributed by atoms with E-state index in [0.29, 0.717) is 12.1 Å². The fourth-order valence-corrected chi connectivity index (χ4v) is 7.70. The highest BCUT2D eigenvalue weighted by molar-refractivity contribution is 6.78. The number of hydrogen-bond donors (Lipinski definition) is 0. The lowest BCUT2D eigenvalue weighted by atomic mass is 9.84. The van der Waals surface area contributed by atoms with Crippen LogP contribution in [-0.2, 0) is 0 Å². The van der Waals surface area contributed by atoms with Crippen molar-refractivity contribution in [1.82, 2.24) is 0 Å². The molecule has 86 valence electrons. The zero-order valence-electron chi connectivity index (χ0n) is 9.44. The molecule has 1 aliphatic rings. The minimum absolute atomic E-state index is 0.379. The molecule has 0 saturated carbocycles. The Bertz CT molecular complexity index is 303. The van der Waals surface area contributed by atoms with E-state index in [9.17, 15) is 20.2 Å². The lowest BCUT2D eigenvalue weighted by Gasteiger charge is -2.25. The molecule has 1 rings (SSSR count). The second-order valence-corrected chi connectivity index (χ2v) is 10.6. The largest absolute Gasteiger partial charge is 0.284 e. The summed E-state index contributed by atoms with van der Waals surface area (Å²) in [5.74, 6) is 0. The maximum Gasteiger partial charge on any atom is 0.284 e. The summed E-state index contributed by atoms with van der Waals surface area (Å²) in [6.07, 6.45) is 0. The predicted molar refractivity (Wildman–Crippen MR) is 57.9 cm³/mol. The van der Waals surface area contributed by atoms with Crippen molar-refractivity contribution in [2.45, 2.75) is 50.1 Å². The Balaban J connectivity index is 3.27. The number of nitrogens with zero attached hydrogens (tertiary/aromatic N) is 2. The van der Waals surface area contributed by atoms with E-state index < -0.39 is 29.0 Å². The van der Waals surface area contributed by atoms with Crippen LogP contribution in [-0.4, -0.2) is 29.0 Å². The summed E-state index contributed by atoms with van der Waals surface area (Å²) in [6.45, 7) is 6.78. The van der Waals surface area contributed by atoms with Gasteiger partial charge >= 0.3 is 0 Å². The summed E-state index contributed by atoms with van der Waals surface area (Å²) in [7, 11) is -1.82. The van der Waals surface area contributed by atoms with Gasteiger partial charge < -0.3 is 0 Å². The quantitative estimate of drug-likeness (QED) is 0.412. The molecule has 0 aromatic carbocycles. The van der Waals surface area contributed by atoms with E-state index in [0.717, 1.165) is 0 Å². The summed E-state index contributed by atoms with van der Waals surface area (Å²) in [6, 6.07) is 0.759. The van der Waals surface area contributed by atoms with Gasteiger partial charge in [-0.05, 0) is 0 Å². The van der Waals surface area contributed by atoms with Crippen molar-refractivity contribution in [3.63, 3.8) is 0 Å². The molecular formula is C8H16N2O4Si. The van der Waals surface area contributed by atoms with E-state index in [-0.39, 0.29) is 0 Å². The third-order valence-electron chi connectivity index (χ3n) is 3.61. The highest BCUT2D eigenvalue weighted by Crippen LogP contribution is 2.49. The highest BCUT2D eigenvalue weighted by Gasteiger charge is 2.72. The molecule has 0 unspecified atom stereocenters. The lowest BCUT2D eigenvalue weighted by molar-refractivity contribution is -0.669. The lowest BCUT2D eigenvalue weighted by Crippen LogP contribution is -2.55. The SMILES string of the molecule is C[C@]1([N+](=O)[O-])C[Si](C)(C)C[C@]1(C)[N+](=O)[O-]. The molecule has 0 N–H and O–H groups in total. The van der Waals surface area contributed by atoms with Crippen LogP contribution >= 0.6 is 0 Å². The standard InChI is InChI=1S/C8H16N2O4Si/c1-7(9(11)12)5-15(3,4)6-8(7,2)10(13)14/h5-6H2,1-4H3/t7-,8-/m0/s1. The van der Waals surface area contributed by atoms with Crippen molar-refractivity contribution in [1.29, 1.82) is 0 Å². The Labute approximate surface area is 89.0 Å². The van der Waals surface area contributed by atoms with E-state index in [1.54, 1.807) is 0 Å². The fourth-order valence-electron chi connectivity index (χ4n) is 2.83. The van der Waals surface area contributed by atoms with Gasteiger partial charge in [-0.1, -0.05) is 13.1 Å². The average molecular weight is 232 g/mol. The monoisotopic (exact) mass is 232 g/mol. The van der Waals surface area contributed by atoms with Gasteiger partial charge in [0.05, 0.1) is 8.07 Å². The Morgan fingerprint density at radius 2 is 1.27 bits per heavy atom. The Morgan fingerprint density at radius 1 is 1.00 bits per heavy atom. The summed E-state index contributed by atoms with van der Waals surface area (Å²) in [4.78, 5) is 21.2. The molecule has 0 radical (unpaired) electrons. The van der Waals surface area contributed by atoms with Crippen LogP contribution in [0.2, 0.25) is 25.2 Å². The molecule has 0 aromatic heterocycles. The van der Waals surface area contributed by atoms with Gasteiger partial charge in [0, 0.05) is 35.8 Å². The van der Waals surface area contributed by atoms with Gasteiger partial charge in [0.15, 0.2) is 0 Å². The van der Waals surface area contributed by atoms with Gasteiger partial charge in [-0.15, -0.1) is 0 Å². The first-order valence-corrected chi connectivity index (χ1v) is 8.26. The van der Waals surface area contributed by atoms with E-state index >= 15 is 0 Å². The first-order chi connectivity index (χ1) is 6.55. The van der Waals surface area contributed by atoms with Crippen LogP contribution in [0.5, 0.6) is 0 Å². The topological polar surface area (TPSA) is 86.3 Å². The van der Waals surface area contributed by atoms with E-state index in [2.05, 4.69) is 0 Å². The predicted octanol–water partition coefficient (Wildman–Crippen LogP) is 1.78. The molecule has 7 heteroatoms. The molecule has 1 fully saturated rings. The maximum atomic E-state index is 11.1. The smallest absolute Gasteiger partial charge is 0.264 e.